The van der Waals surface area contributed by atoms with Crippen LogP contribution < -0.4 is 10.2 Å². The Balaban J connectivity index is 1.75. The first kappa shape index (κ1) is 14.4. The van der Waals surface area contributed by atoms with Crippen LogP contribution in [0.4, 0.5) is 5.69 Å². The van der Waals surface area contributed by atoms with Crippen LogP contribution in [0.15, 0.2) is 65.7 Å². The standard InChI is InChI=1S/C18H21N3O2/c22-18-16(20-9-11-23-12-10-20)13-14-5-4-8-19-17(14)21(18)15-6-2-1-3-7-15/h1-7,13,18-19,22H,8-12H2. The minimum atomic E-state index is -0.701. The third kappa shape index (κ3) is 2.62. The van der Waals surface area contributed by atoms with E-state index in [2.05, 4.69) is 28.4 Å². The molecular formula is C18H21N3O2. The van der Waals surface area contributed by atoms with Crippen LogP contribution in [0.25, 0.3) is 0 Å². The van der Waals surface area contributed by atoms with Crippen LogP contribution in [-0.4, -0.2) is 49.1 Å². The lowest BCUT2D eigenvalue weighted by Gasteiger charge is -2.43. The molecule has 23 heavy (non-hydrogen) atoms. The molecule has 0 aromatic heterocycles. The van der Waals surface area contributed by atoms with Gasteiger partial charge >= 0.3 is 0 Å². The van der Waals surface area contributed by atoms with Gasteiger partial charge in [-0.15, -0.1) is 0 Å². The van der Waals surface area contributed by atoms with Crippen molar-refractivity contribution in [3.05, 3.63) is 65.7 Å². The Labute approximate surface area is 136 Å². The number of morpholine rings is 1. The highest BCUT2D eigenvalue weighted by atomic mass is 16.5. The molecule has 1 aromatic carbocycles. The maximum atomic E-state index is 11.1. The average molecular weight is 311 g/mol. The fourth-order valence-electron chi connectivity index (χ4n) is 3.29. The lowest BCUT2D eigenvalue weighted by atomic mass is 10.0. The SMILES string of the molecule is OC1C(N2CCOCC2)=CC2=C(NCC=C2)N1c1ccccc1. The van der Waals surface area contributed by atoms with Gasteiger partial charge in [-0.25, -0.2) is 0 Å². The molecule has 3 aliphatic rings. The quantitative estimate of drug-likeness (QED) is 0.865. The number of nitrogens with zero attached hydrogens (tertiary/aromatic N) is 2. The predicted molar refractivity (Wildman–Crippen MR) is 89.6 cm³/mol. The molecule has 1 unspecified atom stereocenters. The van der Waals surface area contributed by atoms with Crippen LogP contribution in [0, 0.1) is 0 Å². The molecule has 1 atom stereocenters. The van der Waals surface area contributed by atoms with E-state index in [1.165, 1.54) is 0 Å². The number of aliphatic hydroxyl groups is 1. The summed E-state index contributed by atoms with van der Waals surface area (Å²) in [5.41, 5.74) is 3.02. The summed E-state index contributed by atoms with van der Waals surface area (Å²) in [6, 6.07) is 10.0. The number of benzene rings is 1. The van der Waals surface area contributed by atoms with Gasteiger partial charge in [-0.1, -0.05) is 30.4 Å². The summed E-state index contributed by atoms with van der Waals surface area (Å²) in [6.45, 7) is 3.80. The first-order valence-corrected chi connectivity index (χ1v) is 8.06. The first-order valence-electron chi connectivity index (χ1n) is 8.06. The average Bonchev–Trinajstić information content (AvgIpc) is 2.63. The van der Waals surface area contributed by atoms with E-state index in [1.807, 2.05) is 35.2 Å². The van der Waals surface area contributed by atoms with Crippen LogP contribution in [0.2, 0.25) is 0 Å². The van der Waals surface area contributed by atoms with Crippen LogP contribution in [0.1, 0.15) is 0 Å². The van der Waals surface area contributed by atoms with Gasteiger partial charge in [0.1, 0.15) is 5.82 Å². The van der Waals surface area contributed by atoms with Gasteiger partial charge in [0.05, 0.1) is 18.9 Å². The second-order valence-corrected chi connectivity index (χ2v) is 5.84. The first-order chi connectivity index (χ1) is 11.3. The highest BCUT2D eigenvalue weighted by molar-refractivity contribution is 5.60. The van der Waals surface area contributed by atoms with Crippen LogP contribution in [0.3, 0.4) is 0 Å². The second kappa shape index (κ2) is 6.10. The van der Waals surface area contributed by atoms with Gasteiger partial charge in [0.15, 0.2) is 6.23 Å². The van der Waals surface area contributed by atoms with E-state index in [9.17, 15) is 5.11 Å². The molecule has 5 heteroatoms. The molecule has 0 amide bonds. The van der Waals surface area contributed by atoms with Gasteiger partial charge in [0.2, 0.25) is 0 Å². The molecule has 5 nitrogen and oxygen atoms in total. The molecular weight excluding hydrogens is 290 g/mol. The summed E-state index contributed by atoms with van der Waals surface area (Å²) in [6.07, 6.45) is 5.61. The Hall–Kier alpha value is -2.24. The summed E-state index contributed by atoms with van der Waals surface area (Å²) < 4.78 is 5.44. The molecule has 0 radical (unpaired) electrons. The summed E-state index contributed by atoms with van der Waals surface area (Å²) in [7, 11) is 0. The van der Waals surface area contributed by atoms with Gasteiger partial charge < -0.3 is 20.1 Å². The molecule has 0 spiro atoms. The second-order valence-electron chi connectivity index (χ2n) is 5.84. The zero-order valence-electron chi connectivity index (χ0n) is 13.0. The smallest absolute Gasteiger partial charge is 0.173 e. The monoisotopic (exact) mass is 311 g/mol. The number of anilines is 1. The van der Waals surface area contributed by atoms with E-state index in [4.69, 9.17) is 4.74 Å². The number of rotatable bonds is 2. The van der Waals surface area contributed by atoms with Crippen molar-refractivity contribution >= 4 is 5.69 Å². The molecule has 3 aliphatic heterocycles. The number of hydrogen-bond donors (Lipinski definition) is 2. The van der Waals surface area contributed by atoms with Crippen molar-refractivity contribution in [2.75, 3.05) is 37.7 Å². The van der Waals surface area contributed by atoms with Crippen LogP contribution in [0.5, 0.6) is 0 Å². The predicted octanol–water partition coefficient (Wildman–Crippen LogP) is 1.41. The van der Waals surface area contributed by atoms with Gasteiger partial charge in [-0.3, -0.25) is 4.90 Å². The van der Waals surface area contributed by atoms with Crippen molar-refractivity contribution in [2.45, 2.75) is 6.23 Å². The largest absolute Gasteiger partial charge is 0.378 e. The number of aliphatic hydroxyl groups excluding tert-OH is 1. The number of allylic oxidation sites excluding steroid dienone is 3. The van der Waals surface area contributed by atoms with Crippen molar-refractivity contribution in [2.24, 2.45) is 0 Å². The molecule has 2 N–H and O–H groups in total. The van der Waals surface area contributed by atoms with Crippen molar-refractivity contribution in [3.63, 3.8) is 0 Å². The molecule has 1 saturated heterocycles. The Kier molecular flexibility index (Phi) is 3.81. The molecule has 3 heterocycles. The zero-order valence-corrected chi connectivity index (χ0v) is 13.0. The van der Waals surface area contributed by atoms with Gasteiger partial charge in [-0.2, -0.15) is 0 Å². The van der Waals surface area contributed by atoms with E-state index in [1.54, 1.807) is 0 Å². The highest BCUT2D eigenvalue weighted by Gasteiger charge is 2.33. The van der Waals surface area contributed by atoms with Crippen LogP contribution >= 0.6 is 0 Å². The van der Waals surface area contributed by atoms with Crippen molar-refractivity contribution in [1.82, 2.24) is 10.2 Å². The number of ether oxygens (including phenoxy) is 1. The molecule has 120 valence electrons. The number of hydrogen-bond acceptors (Lipinski definition) is 5. The molecule has 0 saturated carbocycles. The maximum Gasteiger partial charge on any atom is 0.173 e. The minimum Gasteiger partial charge on any atom is -0.378 e. The Morgan fingerprint density at radius 1 is 1.13 bits per heavy atom. The Morgan fingerprint density at radius 2 is 1.91 bits per heavy atom. The maximum absolute atomic E-state index is 11.1. The highest BCUT2D eigenvalue weighted by Crippen LogP contribution is 2.32. The summed E-state index contributed by atoms with van der Waals surface area (Å²) in [5.74, 6) is 0.961. The summed E-state index contributed by atoms with van der Waals surface area (Å²) >= 11 is 0. The van der Waals surface area contributed by atoms with E-state index in [0.29, 0.717) is 13.2 Å². The number of nitrogens with one attached hydrogen (secondary N) is 1. The summed E-state index contributed by atoms with van der Waals surface area (Å²) in [4.78, 5) is 4.19. The fourth-order valence-corrected chi connectivity index (χ4v) is 3.29. The van der Waals surface area contributed by atoms with E-state index in [-0.39, 0.29) is 0 Å². The minimum absolute atomic E-state index is 0.701. The molecule has 1 aromatic rings. The third-order valence-electron chi connectivity index (χ3n) is 4.42. The lowest BCUT2D eigenvalue weighted by molar-refractivity contribution is 0.0386. The van der Waals surface area contributed by atoms with Gasteiger partial charge in [0, 0.05) is 30.9 Å². The zero-order chi connectivity index (χ0) is 15.6. The normalized spacial score (nSPS) is 24.2. The number of para-hydroxylation sites is 1. The molecule has 4 rings (SSSR count). The van der Waals surface area contributed by atoms with Gasteiger partial charge in [-0.05, 0) is 18.2 Å². The van der Waals surface area contributed by atoms with Crippen LogP contribution in [-0.2, 0) is 4.74 Å². The lowest BCUT2D eigenvalue weighted by Crippen LogP contribution is -2.50. The Bertz CT molecular complexity index is 660. The topological polar surface area (TPSA) is 48.0 Å². The van der Waals surface area contributed by atoms with Crippen molar-refractivity contribution < 1.29 is 9.84 Å². The summed E-state index contributed by atoms with van der Waals surface area (Å²) in [5, 5.41) is 14.4. The van der Waals surface area contributed by atoms with E-state index in [0.717, 1.165) is 42.4 Å². The molecule has 1 fully saturated rings. The third-order valence-corrected chi connectivity index (χ3v) is 4.42. The van der Waals surface area contributed by atoms with Crippen molar-refractivity contribution in [1.29, 1.82) is 0 Å². The Morgan fingerprint density at radius 3 is 2.70 bits per heavy atom. The van der Waals surface area contributed by atoms with E-state index < -0.39 is 6.23 Å². The van der Waals surface area contributed by atoms with E-state index >= 15 is 0 Å². The molecule has 0 bridgehead atoms. The molecule has 0 aliphatic carbocycles. The van der Waals surface area contributed by atoms with Gasteiger partial charge in [0.25, 0.3) is 0 Å². The fraction of sp³-hybridized carbons (Fsp3) is 0.333. The van der Waals surface area contributed by atoms with Crippen molar-refractivity contribution in [3.8, 4) is 0 Å². The number of dihydropyridines is 1.